The van der Waals surface area contributed by atoms with E-state index in [1.165, 1.54) is 49.7 Å². The Bertz CT molecular complexity index is 887. The molecule has 4 heteroatoms. The van der Waals surface area contributed by atoms with Gasteiger partial charge in [0.25, 0.3) is 5.56 Å². The van der Waals surface area contributed by atoms with Crippen molar-refractivity contribution in [2.24, 2.45) is 0 Å². The van der Waals surface area contributed by atoms with Crippen LogP contribution >= 0.6 is 0 Å². The van der Waals surface area contributed by atoms with Crippen LogP contribution in [0.4, 0.5) is 0 Å². The molecule has 0 unspecified atom stereocenters. The van der Waals surface area contributed by atoms with Gasteiger partial charge in [0.1, 0.15) is 5.82 Å². The van der Waals surface area contributed by atoms with E-state index in [2.05, 4.69) is 48.0 Å². The van der Waals surface area contributed by atoms with Crippen molar-refractivity contribution in [1.82, 2.24) is 14.9 Å². The van der Waals surface area contributed by atoms with Crippen LogP contribution in [0, 0.1) is 0 Å². The fourth-order valence-corrected chi connectivity index (χ4v) is 5.36. The minimum Gasteiger partial charge on any atom is -0.309 e. The van der Waals surface area contributed by atoms with Gasteiger partial charge in [0.2, 0.25) is 0 Å². The number of H-pyrrole nitrogens is 1. The molecule has 2 aliphatic carbocycles. The average Bonchev–Trinajstić information content (AvgIpc) is 3.18. The summed E-state index contributed by atoms with van der Waals surface area (Å²) in [7, 11) is 0. The Morgan fingerprint density at radius 3 is 2.45 bits per heavy atom. The van der Waals surface area contributed by atoms with E-state index in [9.17, 15) is 4.79 Å². The predicted octanol–water partition coefficient (Wildman–Crippen LogP) is 5.21. The summed E-state index contributed by atoms with van der Waals surface area (Å²) >= 11 is 0. The molecule has 4 rings (SSSR count). The Morgan fingerprint density at radius 2 is 1.76 bits per heavy atom. The minimum absolute atomic E-state index is 0.00704. The van der Waals surface area contributed by atoms with E-state index < -0.39 is 0 Å². The molecule has 1 aromatic heterocycles. The molecule has 2 aliphatic rings. The largest absolute Gasteiger partial charge is 0.309 e. The summed E-state index contributed by atoms with van der Waals surface area (Å²) in [4.78, 5) is 24.1. The zero-order valence-electron chi connectivity index (χ0n) is 18.1. The molecule has 1 aromatic carbocycles. The first kappa shape index (κ1) is 20.3. The van der Waals surface area contributed by atoms with E-state index >= 15 is 0 Å². The smallest absolute Gasteiger partial charge is 0.255 e. The molecule has 156 valence electrons. The highest BCUT2D eigenvalue weighted by atomic mass is 16.1. The number of unbranched alkanes of at least 4 members (excludes halogenated alkanes) is 2. The van der Waals surface area contributed by atoms with Crippen LogP contribution in [0.1, 0.15) is 82.2 Å². The van der Waals surface area contributed by atoms with Crippen LogP contribution in [0.3, 0.4) is 0 Å². The van der Waals surface area contributed by atoms with Crippen LogP contribution < -0.4 is 5.56 Å². The number of fused-ring (bicyclic) bond motifs is 4. The second kappa shape index (κ2) is 8.83. The topological polar surface area (TPSA) is 49.0 Å². The maximum absolute atomic E-state index is 13.4. The van der Waals surface area contributed by atoms with Crippen LogP contribution in [0.5, 0.6) is 0 Å². The normalized spacial score (nSPS) is 16.9. The number of aromatic nitrogens is 2. The first-order valence-electron chi connectivity index (χ1n) is 11.6. The number of hydrogen-bond acceptors (Lipinski definition) is 3. The summed E-state index contributed by atoms with van der Waals surface area (Å²) in [6, 6.07) is 8.58. The van der Waals surface area contributed by atoms with Gasteiger partial charge in [0.05, 0.1) is 17.8 Å². The number of hydrogen-bond donors (Lipinski definition) is 1. The summed E-state index contributed by atoms with van der Waals surface area (Å²) in [6.45, 7) is 7.33. The van der Waals surface area contributed by atoms with Gasteiger partial charge in [-0.3, -0.25) is 9.69 Å². The molecule has 0 saturated heterocycles. The lowest BCUT2D eigenvalue weighted by molar-refractivity contribution is 0.250. The molecule has 0 amide bonds. The van der Waals surface area contributed by atoms with Crippen LogP contribution in [0.2, 0.25) is 0 Å². The standard InChI is InChI=1S/C25H35N3O/c1-3-5-15-28(16-6-4-2)18-21-26-23-20-12-8-7-11-19(20)17-25(13-9-10-14-25)22(23)24(29)27-21/h7-8,11-12H,3-6,9-10,13-18H2,1-2H3,(H,26,27,29). The summed E-state index contributed by atoms with van der Waals surface area (Å²) in [5.74, 6) is 0.825. The quantitative estimate of drug-likeness (QED) is 0.670. The van der Waals surface area contributed by atoms with Gasteiger partial charge in [0.15, 0.2) is 0 Å². The molecule has 1 N–H and O–H groups in total. The van der Waals surface area contributed by atoms with Gasteiger partial charge in [-0.05, 0) is 50.8 Å². The molecule has 29 heavy (non-hydrogen) atoms. The van der Waals surface area contributed by atoms with Crippen LogP contribution in [0.25, 0.3) is 11.3 Å². The molecular weight excluding hydrogens is 358 g/mol. The summed E-state index contributed by atoms with van der Waals surface area (Å²) in [6.07, 6.45) is 10.4. The molecule has 0 radical (unpaired) electrons. The Balaban J connectivity index is 1.73. The molecule has 0 bridgehead atoms. The third kappa shape index (κ3) is 4.05. The van der Waals surface area contributed by atoms with Crippen molar-refractivity contribution in [2.45, 2.75) is 83.6 Å². The molecule has 1 spiro atoms. The van der Waals surface area contributed by atoms with E-state index in [-0.39, 0.29) is 11.0 Å². The fraction of sp³-hybridized carbons (Fsp3) is 0.600. The van der Waals surface area contributed by atoms with E-state index in [1.807, 2.05) is 0 Å². The van der Waals surface area contributed by atoms with Gasteiger partial charge in [-0.2, -0.15) is 0 Å². The lowest BCUT2D eigenvalue weighted by Gasteiger charge is -2.35. The van der Waals surface area contributed by atoms with E-state index in [1.54, 1.807) is 0 Å². The van der Waals surface area contributed by atoms with Gasteiger partial charge >= 0.3 is 0 Å². The second-order valence-electron chi connectivity index (χ2n) is 9.04. The SMILES string of the molecule is CCCCN(CCCC)Cc1nc2c(c(=O)[nH]1)C1(CCCC1)Cc1ccccc1-2. The number of nitrogens with one attached hydrogen (secondary N) is 1. The van der Waals surface area contributed by atoms with Crippen molar-refractivity contribution in [1.29, 1.82) is 0 Å². The first-order valence-corrected chi connectivity index (χ1v) is 11.6. The first-order chi connectivity index (χ1) is 14.2. The molecule has 1 heterocycles. The van der Waals surface area contributed by atoms with Crippen LogP contribution in [0.15, 0.2) is 29.1 Å². The zero-order chi connectivity index (χ0) is 20.3. The second-order valence-corrected chi connectivity index (χ2v) is 9.04. The van der Waals surface area contributed by atoms with Gasteiger partial charge in [-0.1, -0.05) is 63.8 Å². The number of benzene rings is 1. The summed E-state index contributed by atoms with van der Waals surface area (Å²) in [5, 5.41) is 0. The maximum Gasteiger partial charge on any atom is 0.255 e. The van der Waals surface area contributed by atoms with Crippen molar-refractivity contribution >= 4 is 0 Å². The van der Waals surface area contributed by atoms with Crippen molar-refractivity contribution in [3.05, 3.63) is 51.6 Å². The number of aromatic amines is 1. The predicted molar refractivity (Wildman–Crippen MR) is 119 cm³/mol. The summed E-state index contributed by atoms with van der Waals surface area (Å²) in [5.41, 5.74) is 4.55. The molecule has 1 saturated carbocycles. The molecule has 4 nitrogen and oxygen atoms in total. The van der Waals surface area contributed by atoms with Gasteiger partial charge in [-0.15, -0.1) is 0 Å². The molecule has 0 atom stereocenters. The molecular formula is C25H35N3O. The monoisotopic (exact) mass is 393 g/mol. The summed E-state index contributed by atoms with van der Waals surface area (Å²) < 4.78 is 0. The van der Waals surface area contributed by atoms with Crippen molar-refractivity contribution < 1.29 is 0 Å². The Labute approximate surface area is 174 Å². The lowest BCUT2D eigenvalue weighted by atomic mass is 9.68. The highest BCUT2D eigenvalue weighted by Gasteiger charge is 2.43. The molecule has 2 aromatic rings. The van der Waals surface area contributed by atoms with Crippen molar-refractivity contribution in [2.75, 3.05) is 13.1 Å². The van der Waals surface area contributed by atoms with Crippen molar-refractivity contribution in [3.8, 4) is 11.3 Å². The molecule has 0 aliphatic heterocycles. The Kier molecular flexibility index (Phi) is 6.19. The Morgan fingerprint density at radius 1 is 1.07 bits per heavy atom. The number of rotatable bonds is 8. The molecule has 1 fully saturated rings. The van der Waals surface area contributed by atoms with E-state index in [0.29, 0.717) is 0 Å². The minimum atomic E-state index is -0.00704. The highest BCUT2D eigenvalue weighted by molar-refractivity contribution is 5.71. The third-order valence-electron chi connectivity index (χ3n) is 6.89. The zero-order valence-corrected chi connectivity index (χ0v) is 18.1. The van der Waals surface area contributed by atoms with Gasteiger partial charge < -0.3 is 4.98 Å². The van der Waals surface area contributed by atoms with Crippen molar-refractivity contribution in [3.63, 3.8) is 0 Å². The third-order valence-corrected chi connectivity index (χ3v) is 6.89. The van der Waals surface area contributed by atoms with Gasteiger partial charge in [-0.25, -0.2) is 4.98 Å². The lowest BCUT2D eigenvalue weighted by Crippen LogP contribution is -2.38. The highest BCUT2D eigenvalue weighted by Crippen LogP contribution is 2.49. The number of nitrogens with zero attached hydrogens (tertiary/aromatic N) is 2. The maximum atomic E-state index is 13.4. The Hall–Kier alpha value is -1.94. The van der Waals surface area contributed by atoms with Crippen LogP contribution in [-0.2, 0) is 18.4 Å². The van der Waals surface area contributed by atoms with E-state index in [0.717, 1.165) is 56.0 Å². The van der Waals surface area contributed by atoms with Crippen LogP contribution in [-0.4, -0.2) is 28.0 Å². The average molecular weight is 394 g/mol. The van der Waals surface area contributed by atoms with Gasteiger partial charge in [0, 0.05) is 11.0 Å². The van der Waals surface area contributed by atoms with E-state index in [4.69, 9.17) is 4.98 Å². The fourth-order valence-electron chi connectivity index (χ4n) is 5.36.